The lowest BCUT2D eigenvalue weighted by molar-refractivity contribution is -0.130. The third kappa shape index (κ3) is 5.65. The summed E-state index contributed by atoms with van der Waals surface area (Å²) in [6.07, 6.45) is 0. The average molecular weight is 455 g/mol. The molecule has 10 heteroatoms. The first kappa shape index (κ1) is 24.4. The molecule has 0 saturated carbocycles. The molecule has 2 aromatic carbocycles. The van der Waals surface area contributed by atoms with Crippen LogP contribution in [0.1, 0.15) is 12.5 Å². The highest BCUT2D eigenvalue weighted by Crippen LogP contribution is 2.38. The fourth-order valence-electron chi connectivity index (χ4n) is 2.98. The molecule has 0 aromatic heterocycles. The van der Waals surface area contributed by atoms with Crippen molar-refractivity contribution in [1.82, 2.24) is 9.21 Å². The summed E-state index contributed by atoms with van der Waals surface area (Å²) in [5, 5.41) is 0. The molecule has 170 valence electrons. The maximum atomic E-state index is 13.1. The summed E-state index contributed by atoms with van der Waals surface area (Å²) in [4.78, 5) is 14.1. The number of likely N-dealkylation sites (N-methyl/N-ethyl adjacent to an activating group) is 2. The predicted octanol–water partition coefficient (Wildman–Crippen LogP) is 2.52. The number of hydrogen-bond acceptors (Lipinski definition) is 6. The zero-order valence-electron chi connectivity index (χ0n) is 18.2. The quantitative estimate of drug-likeness (QED) is 0.549. The summed E-state index contributed by atoms with van der Waals surface area (Å²) in [6.45, 7) is 1.57. The van der Waals surface area contributed by atoms with Gasteiger partial charge in [0.1, 0.15) is 5.82 Å². The zero-order valence-corrected chi connectivity index (χ0v) is 19.0. The van der Waals surface area contributed by atoms with E-state index in [-0.39, 0.29) is 24.5 Å². The molecule has 0 aliphatic rings. The second kappa shape index (κ2) is 10.5. The van der Waals surface area contributed by atoms with Crippen molar-refractivity contribution in [1.29, 1.82) is 0 Å². The predicted molar refractivity (Wildman–Crippen MR) is 113 cm³/mol. The fraction of sp³-hybridized carbons (Fsp3) is 0.381. The van der Waals surface area contributed by atoms with Gasteiger partial charge in [-0.1, -0.05) is 6.92 Å². The van der Waals surface area contributed by atoms with E-state index in [1.165, 1.54) is 38.4 Å². The Kier molecular flexibility index (Phi) is 8.23. The summed E-state index contributed by atoms with van der Waals surface area (Å²) in [5.74, 6) is 0.397. The topological polar surface area (TPSA) is 85.4 Å². The van der Waals surface area contributed by atoms with Gasteiger partial charge in [0.05, 0.1) is 32.8 Å². The molecule has 0 bridgehead atoms. The number of halogens is 1. The van der Waals surface area contributed by atoms with Crippen LogP contribution in [0, 0.1) is 5.82 Å². The first-order valence-corrected chi connectivity index (χ1v) is 10.9. The maximum absolute atomic E-state index is 13.1. The Labute approximate surface area is 182 Å². The minimum absolute atomic E-state index is 0.0733. The van der Waals surface area contributed by atoms with Crippen molar-refractivity contribution < 1.29 is 31.8 Å². The molecule has 0 aliphatic carbocycles. The van der Waals surface area contributed by atoms with Crippen molar-refractivity contribution in [3.8, 4) is 17.2 Å². The molecule has 1 amide bonds. The van der Waals surface area contributed by atoms with Gasteiger partial charge in [-0.05, 0) is 42.0 Å². The zero-order chi connectivity index (χ0) is 23.2. The lowest BCUT2D eigenvalue weighted by Gasteiger charge is -2.24. The number of carbonyl (C=O) groups is 1. The van der Waals surface area contributed by atoms with Gasteiger partial charge >= 0.3 is 0 Å². The van der Waals surface area contributed by atoms with Crippen molar-refractivity contribution in [2.75, 3.05) is 41.5 Å². The minimum atomic E-state index is -3.94. The number of sulfonamides is 1. The van der Waals surface area contributed by atoms with Crippen LogP contribution in [-0.2, 0) is 21.4 Å². The van der Waals surface area contributed by atoms with Crippen molar-refractivity contribution in [3.05, 3.63) is 47.8 Å². The van der Waals surface area contributed by atoms with Crippen LogP contribution in [0.25, 0.3) is 0 Å². The molecule has 0 fully saturated rings. The summed E-state index contributed by atoms with van der Waals surface area (Å²) in [6, 6.07) is 7.93. The summed E-state index contributed by atoms with van der Waals surface area (Å²) in [5.41, 5.74) is 0.717. The number of amides is 1. The smallest absolute Gasteiger partial charge is 0.243 e. The fourth-order valence-corrected chi connectivity index (χ4v) is 4.38. The standard InChI is InChI=1S/C21H27FN2O6S/c1-6-24(31(26,27)17-9-7-16(22)8-10-17)14-20(25)23(2)13-15-11-18(28-3)21(30-5)19(12-15)29-4/h7-12H,6,13-14H2,1-5H3. The Morgan fingerprint density at radius 3 is 2.00 bits per heavy atom. The summed E-state index contributed by atoms with van der Waals surface area (Å²) >= 11 is 0. The number of methoxy groups -OCH3 is 3. The van der Waals surface area contributed by atoms with E-state index in [1.54, 1.807) is 26.1 Å². The first-order chi connectivity index (χ1) is 14.7. The van der Waals surface area contributed by atoms with Crippen molar-refractivity contribution >= 4 is 15.9 Å². The number of hydrogen-bond donors (Lipinski definition) is 0. The van der Waals surface area contributed by atoms with Crippen LogP contribution in [0.4, 0.5) is 4.39 Å². The van der Waals surface area contributed by atoms with E-state index in [4.69, 9.17) is 14.2 Å². The third-order valence-corrected chi connectivity index (χ3v) is 6.62. The lowest BCUT2D eigenvalue weighted by Crippen LogP contribution is -2.41. The van der Waals surface area contributed by atoms with Gasteiger partial charge in [-0.25, -0.2) is 12.8 Å². The van der Waals surface area contributed by atoms with Crippen LogP contribution in [-0.4, -0.2) is 65.0 Å². The highest BCUT2D eigenvalue weighted by Gasteiger charge is 2.26. The van der Waals surface area contributed by atoms with Gasteiger partial charge in [-0.3, -0.25) is 4.79 Å². The second-order valence-electron chi connectivity index (χ2n) is 6.67. The van der Waals surface area contributed by atoms with E-state index in [9.17, 15) is 17.6 Å². The second-order valence-corrected chi connectivity index (χ2v) is 8.61. The molecule has 0 heterocycles. The summed E-state index contributed by atoms with van der Waals surface area (Å²) in [7, 11) is 2.12. The van der Waals surface area contributed by atoms with Crippen LogP contribution < -0.4 is 14.2 Å². The van der Waals surface area contributed by atoms with E-state index in [2.05, 4.69) is 0 Å². The molecule has 0 saturated heterocycles. The Hall–Kier alpha value is -2.85. The SMILES string of the molecule is CCN(CC(=O)N(C)Cc1cc(OC)c(OC)c(OC)c1)S(=O)(=O)c1ccc(F)cc1. The van der Waals surface area contributed by atoms with Gasteiger partial charge in [-0.15, -0.1) is 0 Å². The van der Waals surface area contributed by atoms with Gasteiger partial charge in [-0.2, -0.15) is 4.31 Å². The highest BCUT2D eigenvalue weighted by molar-refractivity contribution is 7.89. The van der Waals surface area contributed by atoms with Crippen LogP contribution in [0.2, 0.25) is 0 Å². The summed E-state index contributed by atoms with van der Waals surface area (Å²) < 4.78 is 55.8. The van der Waals surface area contributed by atoms with Crippen LogP contribution in [0.3, 0.4) is 0 Å². The number of ether oxygens (including phenoxy) is 3. The normalized spacial score (nSPS) is 11.3. The largest absolute Gasteiger partial charge is 0.493 e. The molecular weight excluding hydrogens is 427 g/mol. The first-order valence-electron chi connectivity index (χ1n) is 9.46. The van der Waals surface area contributed by atoms with E-state index in [1.807, 2.05) is 0 Å². The minimum Gasteiger partial charge on any atom is -0.493 e. The Morgan fingerprint density at radius 2 is 1.55 bits per heavy atom. The molecule has 2 rings (SSSR count). The van der Waals surface area contributed by atoms with Crippen molar-refractivity contribution in [3.63, 3.8) is 0 Å². The van der Waals surface area contributed by atoms with Crippen LogP contribution >= 0.6 is 0 Å². The Morgan fingerprint density at radius 1 is 1.00 bits per heavy atom. The highest BCUT2D eigenvalue weighted by atomic mass is 32.2. The van der Waals surface area contributed by atoms with Crippen molar-refractivity contribution in [2.24, 2.45) is 0 Å². The molecule has 0 atom stereocenters. The molecular formula is C21H27FN2O6S. The van der Waals surface area contributed by atoms with Gasteiger partial charge in [0.15, 0.2) is 11.5 Å². The third-order valence-electron chi connectivity index (χ3n) is 4.69. The number of nitrogens with zero attached hydrogens (tertiary/aromatic N) is 2. The van der Waals surface area contributed by atoms with E-state index >= 15 is 0 Å². The molecule has 31 heavy (non-hydrogen) atoms. The number of benzene rings is 2. The molecule has 0 spiro atoms. The van der Waals surface area contributed by atoms with Gasteiger partial charge in [0, 0.05) is 20.1 Å². The van der Waals surface area contributed by atoms with E-state index in [0.29, 0.717) is 17.2 Å². The van der Waals surface area contributed by atoms with Gasteiger partial charge < -0.3 is 19.1 Å². The molecule has 0 unspecified atom stereocenters. The van der Waals surface area contributed by atoms with Gasteiger partial charge in [0.25, 0.3) is 0 Å². The van der Waals surface area contributed by atoms with Crippen molar-refractivity contribution in [2.45, 2.75) is 18.4 Å². The molecule has 2 aromatic rings. The molecule has 8 nitrogen and oxygen atoms in total. The molecule has 0 N–H and O–H groups in total. The molecule has 0 radical (unpaired) electrons. The average Bonchev–Trinajstić information content (AvgIpc) is 2.76. The maximum Gasteiger partial charge on any atom is 0.243 e. The number of rotatable bonds is 10. The van der Waals surface area contributed by atoms with Crippen LogP contribution in [0.5, 0.6) is 17.2 Å². The van der Waals surface area contributed by atoms with E-state index in [0.717, 1.165) is 22.0 Å². The monoisotopic (exact) mass is 454 g/mol. The Balaban J connectivity index is 2.18. The lowest BCUT2D eigenvalue weighted by atomic mass is 10.1. The van der Waals surface area contributed by atoms with E-state index < -0.39 is 21.7 Å². The number of carbonyl (C=O) groups excluding carboxylic acids is 1. The molecule has 0 aliphatic heterocycles. The Bertz CT molecular complexity index is 986. The van der Waals surface area contributed by atoms with Gasteiger partial charge in [0.2, 0.25) is 21.7 Å². The van der Waals surface area contributed by atoms with Crippen LogP contribution in [0.15, 0.2) is 41.3 Å².